The maximum atomic E-state index is 12.2. The second-order valence-electron chi connectivity index (χ2n) is 5.90. The van der Waals surface area contributed by atoms with Gasteiger partial charge in [0, 0.05) is 11.1 Å². The maximum Gasteiger partial charge on any atom is 0.269 e. The highest BCUT2D eigenvalue weighted by Gasteiger charge is 2.11. The summed E-state index contributed by atoms with van der Waals surface area (Å²) in [5.74, 6) is 0.390. The first-order valence-corrected chi connectivity index (χ1v) is 8.74. The molecule has 6 nitrogen and oxygen atoms in total. The van der Waals surface area contributed by atoms with E-state index in [9.17, 15) is 9.59 Å². The Balaban J connectivity index is 1.91. The molecule has 0 aliphatic heterocycles. The first-order chi connectivity index (χ1) is 13.0. The largest absolute Gasteiger partial charge is 0.491 e. The topological polar surface area (TPSA) is 76.7 Å². The summed E-state index contributed by atoms with van der Waals surface area (Å²) in [4.78, 5) is 24.4. The van der Waals surface area contributed by atoms with Crippen LogP contribution in [0.25, 0.3) is 0 Å². The van der Waals surface area contributed by atoms with Crippen LogP contribution in [0.3, 0.4) is 0 Å². The van der Waals surface area contributed by atoms with Gasteiger partial charge in [-0.2, -0.15) is 0 Å². The van der Waals surface area contributed by atoms with Gasteiger partial charge in [0.15, 0.2) is 0 Å². The molecule has 0 aliphatic carbocycles. The van der Waals surface area contributed by atoms with Crippen LogP contribution in [0.2, 0.25) is 0 Å². The zero-order chi connectivity index (χ0) is 19.6. The van der Waals surface area contributed by atoms with E-state index in [0.717, 1.165) is 6.42 Å². The van der Waals surface area contributed by atoms with Crippen LogP contribution < -0.4 is 20.3 Å². The Labute approximate surface area is 159 Å². The lowest BCUT2D eigenvalue weighted by Gasteiger charge is -2.13. The van der Waals surface area contributed by atoms with Crippen molar-refractivity contribution in [3.63, 3.8) is 0 Å². The highest BCUT2D eigenvalue weighted by atomic mass is 16.5. The number of hydrogen-bond acceptors (Lipinski definition) is 4. The van der Waals surface area contributed by atoms with Gasteiger partial charge in [-0.3, -0.25) is 20.4 Å². The van der Waals surface area contributed by atoms with Gasteiger partial charge in [0.25, 0.3) is 11.8 Å². The quantitative estimate of drug-likeness (QED) is 0.552. The van der Waals surface area contributed by atoms with E-state index in [-0.39, 0.29) is 6.10 Å². The molecule has 0 aliphatic rings. The minimum atomic E-state index is -0.427. The third kappa shape index (κ3) is 6.18. The number of nitrogens with one attached hydrogen (secondary N) is 2. The van der Waals surface area contributed by atoms with Gasteiger partial charge in [0.2, 0.25) is 0 Å². The van der Waals surface area contributed by atoms with Crippen LogP contribution in [-0.2, 0) is 0 Å². The Hall–Kier alpha value is -3.28. The summed E-state index contributed by atoms with van der Waals surface area (Å²) in [7, 11) is 0. The van der Waals surface area contributed by atoms with E-state index in [1.807, 2.05) is 13.8 Å². The van der Waals surface area contributed by atoms with Gasteiger partial charge in [-0.05, 0) is 55.8 Å². The lowest BCUT2D eigenvalue weighted by molar-refractivity contribution is 0.0846. The van der Waals surface area contributed by atoms with E-state index in [0.29, 0.717) is 29.2 Å². The molecule has 2 amide bonds. The smallest absolute Gasteiger partial charge is 0.269 e. The molecule has 1 unspecified atom stereocenters. The van der Waals surface area contributed by atoms with Crippen molar-refractivity contribution >= 4 is 11.8 Å². The van der Waals surface area contributed by atoms with Crippen LogP contribution in [0.5, 0.6) is 11.5 Å². The third-order valence-electron chi connectivity index (χ3n) is 3.78. The Kier molecular flexibility index (Phi) is 7.43. The maximum absolute atomic E-state index is 12.2. The van der Waals surface area contributed by atoms with E-state index < -0.39 is 11.8 Å². The highest BCUT2D eigenvalue weighted by molar-refractivity contribution is 5.99. The van der Waals surface area contributed by atoms with Crippen molar-refractivity contribution in [3.05, 3.63) is 72.3 Å². The Morgan fingerprint density at radius 2 is 1.70 bits per heavy atom. The molecule has 0 radical (unpaired) electrons. The molecule has 0 saturated heterocycles. The van der Waals surface area contributed by atoms with Crippen LogP contribution in [0.15, 0.2) is 61.2 Å². The van der Waals surface area contributed by atoms with Crippen molar-refractivity contribution in [3.8, 4) is 11.5 Å². The fraction of sp³-hybridized carbons (Fsp3) is 0.238. The zero-order valence-electron chi connectivity index (χ0n) is 15.5. The molecule has 2 N–H and O–H groups in total. The van der Waals surface area contributed by atoms with Crippen molar-refractivity contribution in [1.29, 1.82) is 0 Å². The van der Waals surface area contributed by atoms with E-state index in [1.54, 1.807) is 54.6 Å². The molecule has 0 spiro atoms. The Morgan fingerprint density at radius 1 is 1.04 bits per heavy atom. The minimum absolute atomic E-state index is 0.0569. The Morgan fingerprint density at radius 3 is 2.33 bits per heavy atom. The van der Waals surface area contributed by atoms with Crippen LogP contribution >= 0.6 is 0 Å². The molecular formula is C21H24N2O4. The number of carbonyl (C=O) groups is 2. The SMILES string of the molecule is C=CCOc1ccc(C(=O)NNC(=O)c2cccc(OC(C)CC)c2)cc1. The molecular weight excluding hydrogens is 344 g/mol. The van der Waals surface area contributed by atoms with Crippen LogP contribution in [0, 0.1) is 0 Å². The molecule has 6 heteroatoms. The predicted octanol–water partition coefficient (Wildman–Crippen LogP) is 3.50. The second kappa shape index (κ2) is 10.0. The molecule has 1 atom stereocenters. The summed E-state index contributed by atoms with van der Waals surface area (Å²) in [6.07, 6.45) is 2.56. The molecule has 27 heavy (non-hydrogen) atoms. The van der Waals surface area contributed by atoms with E-state index in [1.165, 1.54) is 0 Å². The normalized spacial score (nSPS) is 11.2. The molecule has 0 saturated carbocycles. The van der Waals surface area contributed by atoms with E-state index in [2.05, 4.69) is 17.4 Å². The first kappa shape index (κ1) is 20.0. The van der Waals surface area contributed by atoms with Crippen molar-refractivity contribution in [2.24, 2.45) is 0 Å². The average Bonchev–Trinajstić information content (AvgIpc) is 2.70. The molecule has 0 aromatic heterocycles. The van der Waals surface area contributed by atoms with Gasteiger partial charge in [-0.15, -0.1) is 0 Å². The third-order valence-corrected chi connectivity index (χ3v) is 3.78. The average molecular weight is 368 g/mol. The number of ether oxygens (including phenoxy) is 2. The standard InChI is InChI=1S/C21H24N2O4/c1-4-13-26-18-11-9-16(10-12-18)20(24)22-23-21(25)17-7-6-8-19(14-17)27-15(3)5-2/h4,6-12,14-15H,1,5,13H2,2-3H3,(H,22,24)(H,23,25). The fourth-order valence-electron chi connectivity index (χ4n) is 2.14. The van der Waals surface area contributed by atoms with Crippen LogP contribution in [0.1, 0.15) is 41.0 Å². The molecule has 0 heterocycles. The van der Waals surface area contributed by atoms with Gasteiger partial charge in [-0.25, -0.2) is 0 Å². The first-order valence-electron chi connectivity index (χ1n) is 8.74. The van der Waals surface area contributed by atoms with Gasteiger partial charge in [0.1, 0.15) is 18.1 Å². The summed E-state index contributed by atoms with van der Waals surface area (Å²) in [6, 6.07) is 13.4. The lowest BCUT2D eigenvalue weighted by atomic mass is 10.2. The van der Waals surface area contributed by atoms with E-state index >= 15 is 0 Å². The summed E-state index contributed by atoms with van der Waals surface area (Å²) in [6.45, 7) is 7.95. The number of hydrazine groups is 1. The van der Waals surface area contributed by atoms with Gasteiger partial charge in [-0.1, -0.05) is 25.6 Å². The summed E-state index contributed by atoms with van der Waals surface area (Å²) < 4.78 is 11.1. The molecule has 2 aromatic carbocycles. The van der Waals surface area contributed by atoms with Gasteiger partial charge < -0.3 is 9.47 Å². The monoisotopic (exact) mass is 368 g/mol. The molecule has 0 bridgehead atoms. The van der Waals surface area contributed by atoms with Crippen molar-refractivity contribution in [2.75, 3.05) is 6.61 Å². The number of benzene rings is 2. The number of amides is 2. The van der Waals surface area contributed by atoms with Crippen molar-refractivity contribution < 1.29 is 19.1 Å². The summed E-state index contributed by atoms with van der Waals surface area (Å²) >= 11 is 0. The molecule has 142 valence electrons. The van der Waals surface area contributed by atoms with Crippen molar-refractivity contribution in [2.45, 2.75) is 26.4 Å². The fourth-order valence-corrected chi connectivity index (χ4v) is 2.14. The van der Waals surface area contributed by atoms with Gasteiger partial charge >= 0.3 is 0 Å². The number of carbonyl (C=O) groups excluding carboxylic acids is 2. The van der Waals surface area contributed by atoms with Crippen LogP contribution in [-0.4, -0.2) is 24.5 Å². The number of rotatable bonds is 8. The zero-order valence-corrected chi connectivity index (χ0v) is 15.5. The summed E-state index contributed by atoms with van der Waals surface area (Å²) in [5.41, 5.74) is 5.59. The predicted molar refractivity (Wildman–Crippen MR) is 104 cm³/mol. The van der Waals surface area contributed by atoms with Gasteiger partial charge in [0.05, 0.1) is 6.10 Å². The minimum Gasteiger partial charge on any atom is -0.491 e. The number of hydrogen-bond donors (Lipinski definition) is 2. The highest BCUT2D eigenvalue weighted by Crippen LogP contribution is 2.16. The molecule has 0 fully saturated rings. The van der Waals surface area contributed by atoms with E-state index in [4.69, 9.17) is 9.47 Å². The molecule has 2 rings (SSSR count). The summed E-state index contributed by atoms with van der Waals surface area (Å²) in [5, 5.41) is 0. The van der Waals surface area contributed by atoms with Crippen LogP contribution in [0.4, 0.5) is 0 Å². The Bertz CT molecular complexity index is 787. The molecule has 2 aromatic rings. The second-order valence-corrected chi connectivity index (χ2v) is 5.90. The lowest BCUT2D eigenvalue weighted by Crippen LogP contribution is -2.41. The van der Waals surface area contributed by atoms with Crippen molar-refractivity contribution in [1.82, 2.24) is 10.9 Å².